The Hall–Kier alpha value is -1.49. The molecule has 2 heterocycles. The minimum Gasteiger partial charge on any atom is -0.335 e. The van der Waals surface area contributed by atoms with Crippen LogP contribution in [0.25, 0.3) is 0 Å². The van der Waals surface area contributed by atoms with Gasteiger partial charge in [-0.2, -0.15) is 10.2 Å². The molecule has 1 aliphatic heterocycles. The van der Waals surface area contributed by atoms with E-state index in [-0.39, 0.29) is 11.4 Å². The Kier molecular flexibility index (Phi) is 2.63. The molecule has 5 heteroatoms. The number of nitrogens with two attached hydrogens (primary N) is 1. The Balaban J connectivity index is 2.01. The predicted molar refractivity (Wildman–Crippen MR) is 59.7 cm³/mol. The van der Waals surface area contributed by atoms with Crippen molar-refractivity contribution in [2.75, 3.05) is 13.1 Å². The van der Waals surface area contributed by atoms with Crippen molar-refractivity contribution in [1.29, 1.82) is 0 Å². The van der Waals surface area contributed by atoms with Crippen LogP contribution in [0, 0.1) is 5.92 Å². The molecular weight excluding hydrogens is 204 g/mol. The van der Waals surface area contributed by atoms with Crippen molar-refractivity contribution >= 4 is 5.91 Å². The summed E-state index contributed by atoms with van der Waals surface area (Å²) in [4.78, 5) is 13.7. The second-order valence-electron chi connectivity index (χ2n) is 4.68. The van der Waals surface area contributed by atoms with Gasteiger partial charge in [0, 0.05) is 13.1 Å². The molecule has 16 heavy (non-hydrogen) atoms. The van der Waals surface area contributed by atoms with Crippen LogP contribution in [0.4, 0.5) is 0 Å². The number of hydrogen-bond acceptors (Lipinski definition) is 4. The van der Waals surface area contributed by atoms with Gasteiger partial charge in [-0.15, -0.1) is 0 Å². The van der Waals surface area contributed by atoms with Crippen molar-refractivity contribution in [1.82, 2.24) is 15.1 Å². The molecule has 0 unspecified atom stereocenters. The molecule has 0 spiro atoms. The number of carbonyl (C=O) groups is 1. The van der Waals surface area contributed by atoms with Crippen LogP contribution in [0.2, 0.25) is 0 Å². The highest BCUT2D eigenvalue weighted by Crippen LogP contribution is 2.27. The number of likely N-dealkylation sites (tertiary alicyclic amines) is 1. The first-order chi connectivity index (χ1) is 7.53. The predicted octanol–water partition coefficient (Wildman–Crippen LogP) is 0.286. The van der Waals surface area contributed by atoms with E-state index in [1.807, 2.05) is 0 Å². The average Bonchev–Trinajstić information content (AvgIpc) is 2.25. The molecule has 0 aromatic carbocycles. The molecule has 0 aliphatic carbocycles. The third-order valence-electron chi connectivity index (χ3n) is 3.24. The van der Waals surface area contributed by atoms with Gasteiger partial charge >= 0.3 is 0 Å². The lowest BCUT2D eigenvalue weighted by Gasteiger charge is -2.50. The molecule has 1 aromatic rings. The highest BCUT2D eigenvalue weighted by atomic mass is 16.2. The van der Waals surface area contributed by atoms with E-state index in [0.29, 0.717) is 24.6 Å². The lowest BCUT2D eigenvalue weighted by Crippen LogP contribution is -2.71. The minimum atomic E-state index is -0.226. The maximum Gasteiger partial charge on any atom is 0.255 e. The summed E-state index contributed by atoms with van der Waals surface area (Å²) < 4.78 is 0. The highest BCUT2D eigenvalue weighted by Gasteiger charge is 2.44. The quantitative estimate of drug-likeness (QED) is 0.777. The SMILES string of the molecule is CC(C)C1(N)CN(C(=O)c2ccnnc2)C1. The molecule has 2 rings (SSSR count). The zero-order valence-electron chi connectivity index (χ0n) is 9.55. The van der Waals surface area contributed by atoms with Gasteiger partial charge < -0.3 is 10.6 Å². The van der Waals surface area contributed by atoms with Crippen molar-refractivity contribution in [3.8, 4) is 0 Å². The van der Waals surface area contributed by atoms with E-state index in [4.69, 9.17) is 5.73 Å². The Labute approximate surface area is 94.6 Å². The van der Waals surface area contributed by atoms with E-state index in [1.54, 1.807) is 11.0 Å². The van der Waals surface area contributed by atoms with Gasteiger partial charge in [0.1, 0.15) is 0 Å². The molecule has 0 atom stereocenters. The fourth-order valence-corrected chi connectivity index (χ4v) is 1.77. The third-order valence-corrected chi connectivity index (χ3v) is 3.24. The number of amides is 1. The standard InChI is InChI=1S/C11H16N4O/c1-8(2)11(12)6-15(7-11)10(16)9-3-4-13-14-5-9/h3-5,8H,6-7,12H2,1-2H3. The third kappa shape index (κ3) is 1.78. The molecule has 0 radical (unpaired) electrons. The zero-order chi connectivity index (χ0) is 11.8. The second-order valence-corrected chi connectivity index (χ2v) is 4.68. The molecule has 5 nitrogen and oxygen atoms in total. The number of carbonyl (C=O) groups excluding carboxylic acids is 1. The summed E-state index contributed by atoms with van der Waals surface area (Å²) in [6.07, 6.45) is 3.00. The van der Waals surface area contributed by atoms with Gasteiger partial charge in [-0.25, -0.2) is 0 Å². The number of hydrogen-bond donors (Lipinski definition) is 1. The topological polar surface area (TPSA) is 72.1 Å². The summed E-state index contributed by atoms with van der Waals surface area (Å²) >= 11 is 0. The van der Waals surface area contributed by atoms with Gasteiger partial charge in [0.15, 0.2) is 0 Å². The molecule has 1 amide bonds. The van der Waals surface area contributed by atoms with E-state index in [9.17, 15) is 4.79 Å². The summed E-state index contributed by atoms with van der Waals surface area (Å²) in [6.45, 7) is 5.39. The number of nitrogens with zero attached hydrogens (tertiary/aromatic N) is 3. The maximum atomic E-state index is 11.9. The van der Waals surface area contributed by atoms with Gasteiger partial charge in [-0.05, 0) is 12.0 Å². The van der Waals surface area contributed by atoms with Crippen LogP contribution < -0.4 is 5.73 Å². The highest BCUT2D eigenvalue weighted by molar-refractivity contribution is 5.94. The molecule has 0 saturated carbocycles. The summed E-state index contributed by atoms with van der Waals surface area (Å²) in [5.74, 6) is 0.365. The van der Waals surface area contributed by atoms with Gasteiger partial charge in [0.2, 0.25) is 0 Å². The Bertz CT molecular complexity index is 384. The van der Waals surface area contributed by atoms with Crippen molar-refractivity contribution in [3.63, 3.8) is 0 Å². The van der Waals surface area contributed by atoms with Crippen molar-refractivity contribution in [3.05, 3.63) is 24.0 Å². The molecule has 2 N–H and O–H groups in total. The first-order valence-corrected chi connectivity index (χ1v) is 5.38. The maximum absolute atomic E-state index is 11.9. The Morgan fingerprint density at radius 1 is 1.50 bits per heavy atom. The molecule has 1 saturated heterocycles. The van der Waals surface area contributed by atoms with Gasteiger partial charge in [0.05, 0.1) is 23.5 Å². The monoisotopic (exact) mass is 220 g/mol. The molecule has 1 aliphatic rings. The molecule has 0 bridgehead atoms. The van der Waals surface area contributed by atoms with Gasteiger partial charge in [0.25, 0.3) is 5.91 Å². The molecule has 1 aromatic heterocycles. The van der Waals surface area contributed by atoms with Crippen LogP contribution in [0.15, 0.2) is 18.5 Å². The van der Waals surface area contributed by atoms with E-state index >= 15 is 0 Å². The molecule has 86 valence electrons. The number of rotatable bonds is 2. The lowest BCUT2D eigenvalue weighted by atomic mass is 9.80. The van der Waals surface area contributed by atoms with E-state index in [2.05, 4.69) is 24.0 Å². The van der Waals surface area contributed by atoms with Crippen LogP contribution in [-0.2, 0) is 0 Å². The van der Waals surface area contributed by atoms with Crippen molar-refractivity contribution in [2.45, 2.75) is 19.4 Å². The fourth-order valence-electron chi connectivity index (χ4n) is 1.77. The van der Waals surface area contributed by atoms with E-state index in [0.717, 1.165) is 0 Å². The summed E-state index contributed by atoms with van der Waals surface area (Å²) in [7, 11) is 0. The van der Waals surface area contributed by atoms with Crippen LogP contribution in [-0.4, -0.2) is 39.6 Å². The Morgan fingerprint density at radius 3 is 2.69 bits per heavy atom. The van der Waals surface area contributed by atoms with Gasteiger partial charge in [-0.3, -0.25) is 4.79 Å². The van der Waals surface area contributed by atoms with Gasteiger partial charge in [-0.1, -0.05) is 13.8 Å². The smallest absolute Gasteiger partial charge is 0.255 e. The van der Waals surface area contributed by atoms with Crippen LogP contribution in [0.3, 0.4) is 0 Å². The second kappa shape index (κ2) is 3.83. The fraction of sp³-hybridized carbons (Fsp3) is 0.545. The first-order valence-electron chi connectivity index (χ1n) is 5.38. The Morgan fingerprint density at radius 2 is 2.19 bits per heavy atom. The normalized spacial score (nSPS) is 18.4. The van der Waals surface area contributed by atoms with Crippen molar-refractivity contribution in [2.24, 2.45) is 11.7 Å². The van der Waals surface area contributed by atoms with E-state index in [1.165, 1.54) is 12.4 Å². The van der Waals surface area contributed by atoms with Crippen LogP contribution in [0.5, 0.6) is 0 Å². The van der Waals surface area contributed by atoms with Crippen LogP contribution in [0.1, 0.15) is 24.2 Å². The minimum absolute atomic E-state index is 0.0170. The summed E-state index contributed by atoms with van der Waals surface area (Å²) in [6, 6.07) is 1.67. The zero-order valence-corrected chi connectivity index (χ0v) is 9.55. The molecule has 1 fully saturated rings. The average molecular weight is 220 g/mol. The largest absolute Gasteiger partial charge is 0.335 e. The first kappa shape index (κ1) is 11.0. The molecular formula is C11H16N4O. The van der Waals surface area contributed by atoms with Crippen LogP contribution >= 0.6 is 0 Å². The summed E-state index contributed by atoms with van der Waals surface area (Å²) in [5, 5.41) is 7.33. The number of aromatic nitrogens is 2. The summed E-state index contributed by atoms with van der Waals surface area (Å²) in [5.41, 5.74) is 6.47. The van der Waals surface area contributed by atoms with E-state index < -0.39 is 0 Å². The lowest BCUT2D eigenvalue weighted by molar-refractivity contribution is 0.0274. The van der Waals surface area contributed by atoms with Crippen molar-refractivity contribution < 1.29 is 4.79 Å².